The molecule has 1 amide bonds. The number of rotatable bonds is 5. The Balaban J connectivity index is 1.64. The number of carbonyl (C=O) groups excluding carboxylic acids is 1. The summed E-state index contributed by atoms with van der Waals surface area (Å²) in [4.78, 5) is 15.1. The highest BCUT2D eigenvalue weighted by atomic mass is 16.5. The van der Waals surface area contributed by atoms with Crippen molar-refractivity contribution in [3.05, 3.63) is 64.7 Å². The Morgan fingerprint density at radius 3 is 2.78 bits per heavy atom. The highest BCUT2D eigenvalue weighted by molar-refractivity contribution is 5.94. The molecule has 1 aliphatic heterocycles. The topological polar surface area (TPSA) is 99.8 Å². The summed E-state index contributed by atoms with van der Waals surface area (Å²) in [5.74, 6) is -0.124. The maximum Gasteiger partial charge on any atom is 0.275 e. The number of aromatic nitrogens is 5. The third-order valence-electron chi connectivity index (χ3n) is 4.76. The molecule has 0 saturated carbocycles. The van der Waals surface area contributed by atoms with Gasteiger partial charge < -0.3 is 9.64 Å². The summed E-state index contributed by atoms with van der Waals surface area (Å²) < 4.78 is 5.83. The summed E-state index contributed by atoms with van der Waals surface area (Å²) in [7, 11) is 0. The van der Waals surface area contributed by atoms with Crippen molar-refractivity contribution in [1.82, 2.24) is 30.5 Å². The number of H-pyrrole nitrogens is 2. The molecular formula is C19H22N6O2. The van der Waals surface area contributed by atoms with Crippen LogP contribution in [0.5, 0.6) is 0 Å². The minimum absolute atomic E-state index is 0.0507. The summed E-state index contributed by atoms with van der Waals surface area (Å²) in [5.41, 5.74) is 4.05. The molecule has 1 aliphatic rings. The highest BCUT2D eigenvalue weighted by Gasteiger charge is 2.31. The first-order valence-corrected chi connectivity index (χ1v) is 9.02. The molecule has 1 aromatic carbocycles. The maximum atomic E-state index is 13.4. The van der Waals surface area contributed by atoms with Crippen LogP contribution in [0.4, 0.5) is 0 Å². The van der Waals surface area contributed by atoms with Crippen LogP contribution in [0.3, 0.4) is 0 Å². The number of hydrogen-bond acceptors (Lipinski definition) is 5. The molecule has 0 unspecified atom stereocenters. The number of hydrogen-bond donors (Lipinski definition) is 2. The van der Waals surface area contributed by atoms with E-state index in [0.29, 0.717) is 30.9 Å². The molecule has 0 spiro atoms. The van der Waals surface area contributed by atoms with Gasteiger partial charge in [-0.25, -0.2) is 0 Å². The molecule has 3 aromatic rings. The Kier molecular flexibility index (Phi) is 4.72. The number of carbonyl (C=O) groups is 1. The number of nitrogens with zero attached hydrogens (tertiary/aromatic N) is 4. The zero-order chi connectivity index (χ0) is 18.8. The van der Waals surface area contributed by atoms with E-state index >= 15 is 0 Å². The summed E-state index contributed by atoms with van der Waals surface area (Å²) in [6, 6.07) is 9.89. The van der Waals surface area contributed by atoms with Gasteiger partial charge in [0.05, 0.1) is 30.6 Å². The van der Waals surface area contributed by atoms with Crippen LogP contribution in [0.1, 0.15) is 53.0 Å². The molecule has 0 aliphatic carbocycles. The quantitative estimate of drug-likeness (QED) is 0.722. The Bertz CT molecular complexity index is 906. The molecule has 8 heteroatoms. The summed E-state index contributed by atoms with van der Waals surface area (Å²) in [6.45, 7) is 4.80. The molecule has 27 heavy (non-hydrogen) atoms. The molecule has 3 heterocycles. The third-order valence-corrected chi connectivity index (χ3v) is 4.76. The van der Waals surface area contributed by atoms with E-state index in [2.05, 4.69) is 25.6 Å². The van der Waals surface area contributed by atoms with Gasteiger partial charge in [0.2, 0.25) is 0 Å². The number of benzene rings is 1. The lowest BCUT2D eigenvalue weighted by Crippen LogP contribution is -2.32. The van der Waals surface area contributed by atoms with Gasteiger partial charge in [0.1, 0.15) is 5.69 Å². The monoisotopic (exact) mass is 366 g/mol. The van der Waals surface area contributed by atoms with E-state index in [1.807, 2.05) is 44.2 Å². The second kappa shape index (κ2) is 7.32. The number of amides is 1. The third kappa shape index (κ3) is 3.61. The molecule has 0 bridgehead atoms. The molecule has 0 fully saturated rings. The first-order valence-electron chi connectivity index (χ1n) is 9.02. The normalized spacial score (nSPS) is 18.9. The lowest BCUT2D eigenvalue weighted by molar-refractivity contribution is -0.00703. The van der Waals surface area contributed by atoms with Gasteiger partial charge in [-0.2, -0.15) is 20.5 Å². The van der Waals surface area contributed by atoms with E-state index in [1.165, 1.54) is 0 Å². The molecule has 2 N–H and O–H groups in total. The SMILES string of the molecule is C[C@@H]1Cc2c(C(=O)N(Cc3ccccc3)Cc3cn[nH]n3)n[nH]c2[C@H](C)O1. The number of nitrogens with one attached hydrogen (secondary N) is 2. The van der Waals surface area contributed by atoms with Gasteiger partial charge in [-0.05, 0) is 19.4 Å². The molecular weight excluding hydrogens is 344 g/mol. The fraction of sp³-hybridized carbons (Fsp3) is 0.368. The van der Waals surface area contributed by atoms with E-state index in [0.717, 1.165) is 16.8 Å². The predicted octanol–water partition coefficient (Wildman–Crippen LogP) is 2.39. The predicted molar refractivity (Wildman–Crippen MR) is 97.7 cm³/mol. The van der Waals surface area contributed by atoms with Gasteiger partial charge in [-0.15, -0.1) is 0 Å². The van der Waals surface area contributed by atoms with Crippen molar-refractivity contribution in [2.75, 3.05) is 0 Å². The van der Waals surface area contributed by atoms with Crippen LogP contribution in [-0.4, -0.2) is 42.5 Å². The van der Waals surface area contributed by atoms with Gasteiger partial charge >= 0.3 is 0 Å². The Labute approximate surface area is 156 Å². The first-order chi connectivity index (χ1) is 13.1. The van der Waals surface area contributed by atoms with E-state index in [-0.39, 0.29) is 18.1 Å². The second-order valence-electron chi connectivity index (χ2n) is 6.87. The van der Waals surface area contributed by atoms with Gasteiger partial charge in [0.15, 0.2) is 5.69 Å². The van der Waals surface area contributed by atoms with Crippen LogP contribution in [0.25, 0.3) is 0 Å². The smallest absolute Gasteiger partial charge is 0.275 e. The Hall–Kier alpha value is -3.00. The molecule has 8 nitrogen and oxygen atoms in total. The largest absolute Gasteiger partial charge is 0.369 e. The molecule has 2 atom stereocenters. The van der Waals surface area contributed by atoms with Crippen molar-refractivity contribution in [2.24, 2.45) is 0 Å². The molecule has 140 valence electrons. The fourth-order valence-corrected chi connectivity index (χ4v) is 3.50. The maximum absolute atomic E-state index is 13.4. The first kappa shape index (κ1) is 17.4. The summed E-state index contributed by atoms with van der Waals surface area (Å²) >= 11 is 0. The zero-order valence-electron chi connectivity index (χ0n) is 15.3. The molecule has 0 saturated heterocycles. The van der Waals surface area contributed by atoms with Crippen molar-refractivity contribution in [3.8, 4) is 0 Å². The average Bonchev–Trinajstić information content (AvgIpc) is 3.31. The molecule has 0 radical (unpaired) electrons. The van der Waals surface area contributed by atoms with Crippen molar-refractivity contribution < 1.29 is 9.53 Å². The van der Waals surface area contributed by atoms with Crippen molar-refractivity contribution in [3.63, 3.8) is 0 Å². The highest BCUT2D eigenvalue weighted by Crippen LogP contribution is 2.31. The van der Waals surface area contributed by atoms with E-state index < -0.39 is 0 Å². The van der Waals surface area contributed by atoms with E-state index in [9.17, 15) is 4.79 Å². The van der Waals surface area contributed by atoms with Crippen LogP contribution in [0.2, 0.25) is 0 Å². The van der Waals surface area contributed by atoms with Crippen LogP contribution >= 0.6 is 0 Å². The number of aromatic amines is 2. The number of ether oxygens (including phenoxy) is 1. The van der Waals surface area contributed by atoms with E-state index in [4.69, 9.17) is 4.74 Å². The van der Waals surface area contributed by atoms with Crippen molar-refractivity contribution in [1.29, 1.82) is 0 Å². The lowest BCUT2D eigenvalue weighted by Gasteiger charge is -2.26. The standard InChI is InChI=1S/C19H22N6O2/c1-12-8-16-17(13(2)27-12)22-23-18(16)19(26)25(11-15-9-20-24-21-15)10-14-6-4-3-5-7-14/h3-7,9,12-13H,8,10-11H2,1-2H3,(H,22,23)(H,20,21,24)/t12-,13+/m1/s1. The van der Waals surface area contributed by atoms with Crippen molar-refractivity contribution >= 4 is 5.91 Å². The van der Waals surface area contributed by atoms with Gasteiger partial charge in [-0.1, -0.05) is 30.3 Å². The average molecular weight is 366 g/mol. The molecule has 2 aromatic heterocycles. The summed E-state index contributed by atoms with van der Waals surface area (Å²) in [6.07, 6.45) is 2.24. The van der Waals surface area contributed by atoms with Gasteiger partial charge in [0.25, 0.3) is 5.91 Å². The fourth-order valence-electron chi connectivity index (χ4n) is 3.50. The summed E-state index contributed by atoms with van der Waals surface area (Å²) in [5, 5.41) is 17.9. The minimum Gasteiger partial charge on any atom is -0.369 e. The van der Waals surface area contributed by atoms with Crippen LogP contribution in [0, 0.1) is 0 Å². The molecule has 4 rings (SSSR count). The minimum atomic E-state index is -0.124. The Morgan fingerprint density at radius 2 is 2.04 bits per heavy atom. The second-order valence-corrected chi connectivity index (χ2v) is 6.87. The number of fused-ring (bicyclic) bond motifs is 1. The Morgan fingerprint density at radius 1 is 1.22 bits per heavy atom. The van der Waals surface area contributed by atoms with Crippen LogP contribution < -0.4 is 0 Å². The lowest BCUT2D eigenvalue weighted by atomic mass is 9.99. The zero-order valence-corrected chi connectivity index (χ0v) is 15.3. The van der Waals surface area contributed by atoms with Gasteiger partial charge in [0, 0.05) is 18.5 Å². The van der Waals surface area contributed by atoms with E-state index in [1.54, 1.807) is 11.1 Å². The van der Waals surface area contributed by atoms with Crippen LogP contribution in [0.15, 0.2) is 36.5 Å². The van der Waals surface area contributed by atoms with Crippen LogP contribution in [-0.2, 0) is 24.2 Å². The van der Waals surface area contributed by atoms with Gasteiger partial charge in [-0.3, -0.25) is 9.89 Å². The van der Waals surface area contributed by atoms with Crippen molar-refractivity contribution in [2.45, 2.75) is 45.6 Å².